The summed E-state index contributed by atoms with van der Waals surface area (Å²) < 4.78 is 0. The number of carbonyl (C=O) groups is 1. The van der Waals surface area contributed by atoms with E-state index in [-0.39, 0.29) is 11.9 Å². The minimum absolute atomic E-state index is 0.0528. The lowest BCUT2D eigenvalue weighted by Crippen LogP contribution is -2.35. The molecule has 1 aliphatic heterocycles. The molecule has 2 heterocycles. The SMILES string of the molecule is C[C@H](NC(=O)CC1CCCNC1)c1ccncc1. The van der Waals surface area contributed by atoms with E-state index in [4.69, 9.17) is 0 Å². The molecule has 2 N–H and O–H groups in total. The number of amides is 1. The number of pyridine rings is 1. The Morgan fingerprint density at radius 2 is 2.33 bits per heavy atom. The highest BCUT2D eigenvalue weighted by Gasteiger charge is 2.18. The third-order valence-electron chi connectivity index (χ3n) is 3.46. The van der Waals surface area contributed by atoms with Crippen LogP contribution >= 0.6 is 0 Å². The van der Waals surface area contributed by atoms with Gasteiger partial charge in [0.2, 0.25) is 5.91 Å². The number of nitrogens with one attached hydrogen (secondary N) is 2. The fraction of sp³-hybridized carbons (Fsp3) is 0.571. The Morgan fingerprint density at radius 3 is 3.00 bits per heavy atom. The van der Waals surface area contributed by atoms with Gasteiger partial charge in [-0.25, -0.2) is 0 Å². The lowest BCUT2D eigenvalue weighted by molar-refractivity contribution is -0.122. The molecule has 4 heteroatoms. The van der Waals surface area contributed by atoms with Crippen molar-refractivity contribution in [2.24, 2.45) is 5.92 Å². The molecular formula is C14H21N3O. The van der Waals surface area contributed by atoms with Gasteiger partial charge in [0.1, 0.15) is 0 Å². The van der Waals surface area contributed by atoms with Gasteiger partial charge in [0.25, 0.3) is 0 Å². The molecule has 1 aliphatic rings. The second kappa shape index (κ2) is 6.50. The Bertz CT molecular complexity index is 374. The number of rotatable bonds is 4. The molecule has 1 saturated heterocycles. The topological polar surface area (TPSA) is 54.0 Å². The highest BCUT2D eigenvalue weighted by atomic mass is 16.1. The summed E-state index contributed by atoms with van der Waals surface area (Å²) in [7, 11) is 0. The molecule has 1 unspecified atom stereocenters. The highest BCUT2D eigenvalue weighted by Crippen LogP contribution is 2.15. The molecule has 0 radical (unpaired) electrons. The van der Waals surface area contributed by atoms with E-state index in [0.717, 1.165) is 25.1 Å². The zero-order valence-electron chi connectivity index (χ0n) is 10.9. The zero-order valence-corrected chi connectivity index (χ0v) is 10.9. The lowest BCUT2D eigenvalue weighted by atomic mass is 9.95. The van der Waals surface area contributed by atoms with E-state index < -0.39 is 0 Å². The van der Waals surface area contributed by atoms with E-state index in [0.29, 0.717) is 12.3 Å². The largest absolute Gasteiger partial charge is 0.350 e. The van der Waals surface area contributed by atoms with Crippen LogP contribution < -0.4 is 10.6 Å². The first kappa shape index (κ1) is 13.0. The van der Waals surface area contributed by atoms with E-state index in [1.165, 1.54) is 6.42 Å². The van der Waals surface area contributed by atoms with Crippen molar-refractivity contribution in [3.05, 3.63) is 30.1 Å². The summed E-state index contributed by atoms with van der Waals surface area (Å²) >= 11 is 0. The number of hydrogen-bond donors (Lipinski definition) is 2. The molecule has 0 saturated carbocycles. The minimum Gasteiger partial charge on any atom is -0.350 e. The maximum absolute atomic E-state index is 11.9. The van der Waals surface area contributed by atoms with Crippen molar-refractivity contribution in [3.8, 4) is 0 Å². The van der Waals surface area contributed by atoms with Gasteiger partial charge in [0.05, 0.1) is 6.04 Å². The second-order valence-electron chi connectivity index (χ2n) is 4.99. The van der Waals surface area contributed by atoms with E-state index in [9.17, 15) is 4.79 Å². The van der Waals surface area contributed by atoms with Gasteiger partial charge >= 0.3 is 0 Å². The van der Waals surface area contributed by atoms with Gasteiger partial charge in [-0.05, 0) is 56.5 Å². The van der Waals surface area contributed by atoms with Gasteiger partial charge in [0.15, 0.2) is 0 Å². The molecule has 4 nitrogen and oxygen atoms in total. The summed E-state index contributed by atoms with van der Waals surface area (Å²) in [6, 6.07) is 3.93. The Balaban J connectivity index is 1.80. The van der Waals surface area contributed by atoms with Crippen molar-refractivity contribution in [1.29, 1.82) is 0 Å². The fourth-order valence-electron chi connectivity index (χ4n) is 2.40. The Hall–Kier alpha value is -1.42. The summed E-state index contributed by atoms with van der Waals surface area (Å²) in [4.78, 5) is 15.9. The quantitative estimate of drug-likeness (QED) is 0.850. The van der Waals surface area contributed by atoms with Crippen LogP contribution in [0, 0.1) is 5.92 Å². The normalized spacial score (nSPS) is 21.3. The number of nitrogens with zero attached hydrogens (tertiary/aromatic N) is 1. The predicted octanol–water partition coefficient (Wildman–Crippen LogP) is 1.65. The Kier molecular flexibility index (Phi) is 4.70. The number of hydrogen-bond acceptors (Lipinski definition) is 3. The van der Waals surface area contributed by atoms with E-state index >= 15 is 0 Å². The Labute approximate surface area is 108 Å². The van der Waals surface area contributed by atoms with E-state index in [2.05, 4.69) is 15.6 Å². The first-order valence-electron chi connectivity index (χ1n) is 6.65. The van der Waals surface area contributed by atoms with Crippen LogP contribution in [0.25, 0.3) is 0 Å². The maximum atomic E-state index is 11.9. The third kappa shape index (κ3) is 3.81. The first-order valence-corrected chi connectivity index (χ1v) is 6.65. The molecule has 0 aromatic carbocycles. The van der Waals surface area contributed by atoms with Crippen LogP contribution in [0.4, 0.5) is 0 Å². The maximum Gasteiger partial charge on any atom is 0.220 e. The van der Waals surface area contributed by atoms with Crippen molar-refractivity contribution in [1.82, 2.24) is 15.6 Å². The molecule has 2 atom stereocenters. The molecule has 1 amide bonds. The second-order valence-corrected chi connectivity index (χ2v) is 4.99. The van der Waals surface area contributed by atoms with Crippen LogP contribution in [0.3, 0.4) is 0 Å². The molecule has 1 aromatic rings. The summed E-state index contributed by atoms with van der Waals surface area (Å²) in [6.45, 7) is 4.06. The highest BCUT2D eigenvalue weighted by molar-refractivity contribution is 5.76. The zero-order chi connectivity index (χ0) is 12.8. The van der Waals surface area contributed by atoms with Gasteiger partial charge in [-0.3, -0.25) is 9.78 Å². The van der Waals surface area contributed by atoms with Crippen LogP contribution in [0.15, 0.2) is 24.5 Å². The van der Waals surface area contributed by atoms with Gasteiger partial charge < -0.3 is 10.6 Å². The van der Waals surface area contributed by atoms with Crippen LogP contribution in [-0.4, -0.2) is 24.0 Å². The monoisotopic (exact) mass is 247 g/mol. The molecular weight excluding hydrogens is 226 g/mol. The number of piperidine rings is 1. The van der Waals surface area contributed by atoms with Crippen LogP contribution in [0.1, 0.15) is 37.8 Å². The first-order chi connectivity index (χ1) is 8.75. The molecule has 1 aromatic heterocycles. The summed E-state index contributed by atoms with van der Waals surface area (Å²) in [5.41, 5.74) is 1.10. The fourth-order valence-corrected chi connectivity index (χ4v) is 2.40. The molecule has 98 valence electrons. The summed E-state index contributed by atoms with van der Waals surface area (Å²) in [5, 5.41) is 6.39. The molecule has 0 spiro atoms. The van der Waals surface area contributed by atoms with Crippen LogP contribution in [0.2, 0.25) is 0 Å². The van der Waals surface area contributed by atoms with Gasteiger partial charge in [-0.2, -0.15) is 0 Å². The number of aromatic nitrogens is 1. The van der Waals surface area contributed by atoms with Crippen molar-refractivity contribution < 1.29 is 4.79 Å². The third-order valence-corrected chi connectivity index (χ3v) is 3.46. The van der Waals surface area contributed by atoms with Crippen LogP contribution in [-0.2, 0) is 4.79 Å². The summed E-state index contributed by atoms with van der Waals surface area (Å²) in [6.07, 6.45) is 6.47. The van der Waals surface area contributed by atoms with Gasteiger partial charge in [-0.15, -0.1) is 0 Å². The van der Waals surface area contributed by atoms with Crippen LogP contribution in [0.5, 0.6) is 0 Å². The molecule has 0 aliphatic carbocycles. The van der Waals surface area contributed by atoms with E-state index in [1.54, 1.807) is 12.4 Å². The molecule has 2 rings (SSSR count). The average Bonchev–Trinajstić information content (AvgIpc) is 2.40. The smallest absolute Gasteiger partial charge is 0.220 e. The van der Waals surface area contributed by atoms with Crippen molar-refractivity contribution in [2.45, 2.75) is 32.2 Å². The molecule has 0 bridgehead atoms. The number of carbonyl (C=O) groups excluding carboxylic acids is 1. The standard InChI is InChI=1S/C14H21N3O/c1-11(13-4-7-15-8-5-13)17-14(18)9-12-3-2-6-16-10-12/h4-5,7-8,11-12,16H,2-3,6,9-10H2,1H3,(H,17,18)/t11-,12?/m0/s1. The van der Waals surface area contributed by atoms with E-state index in [1.807, 2.05) is 19.1 Å². The van der Waals surface area contributed by atoms with Gasteiger partial charge in [-0.1, -0.05) is 0 Å². The molecule has 1 fully saturated rings. The minimum atomic E-state index is 0.0528. The van der Waals surface area contributed by atoms with Crippen molar-refractivity contribution in [3.63, 3.8) is 0 Å². The van der Waals surface area contributed by atoms with Gasteiger partial charge in [0, 0.05) is 18.8 Å². The lowest BCUT2D eigenvalue weighted by Gasteiger charge is -2.23. The molecule has 18 heavy (non-hydrogen) atoms. The summed E-state index contributed by atoms with van der Waals surface area (Å²) in [5.74, 6) is 0.636. The Morgan fingerprint density at radius 1 is 1.56 bits per heavy atom. The van der Waals surface area contributed by atoms with Crippen molar-refractivity contribution >= 4 is 5.91 Å². The average molecular weight is 247 g/mol. The van der Waals surface area contributed by atoms with Crippen molar-refractivity contribution in [2.75, 3.05) is 13.1 Å². The predicted molar refractivity (Wildman–Crippen MR) is 71.0 cm³/mol.